The van der Waals surface area contributed by atoms with Crippen LogP contribution in [0.1, 0.15) is 29.3 Å². The average Bonchev–Trinajstić information content (AvgIpc) is 2.87. The van der Waals surface area contributed by atoms with Gasteiger partial charge < -0.3 is 31.7 Å². The Morgan fingerprint density at radius 3 is 2.38 bits per heavy atom. The van der Waals surface area contributed by atoms with Gasteiger partial charge in [0, 0.05) is 28.6 Å². The highest BCUT2D eigenvalue weighted by Crippen LogP contribution is 2.53. The zero-order valence-corrected chi connectivity index (χ0v) is 22.2. The number of thiocarbonyl (C=S) groups is 1. The van der Waals surface area contributed by atoms with Gasteiger partial charge in [0.25, 0.3) is 5.91 Å². The third-order valence-electron chi connectivity index (χ3n) is 7.13. The number of hydrogen-bond donors (Lipinski definition) is 7. The number of benzene rings is 2. The number of nitrogens with one attached hydrogen (secondary N) is 2. The lowest BCUT2D eigenvalue weighted by molar-refractivity contribution is -0.126. The summed E-state index contributed by atoms with van der Waals surface area (Å²) < 4.78 is 0. The highest BCUT2D eigenvalue weighted by molar-refractivity contribution is 8.00. The van der Waals surface area contributed by atoms with Crippen LogP contribution in [0.15, 0.2) is 70.0 Å². The van der Waals surface area contributed by atoms with Gasteiger partial charge in [-0.05, 0) is 18.6 Å². The van der Waals surface area contributed by atoms with E-state index in [1.807, 2.05) is 0 Å². The van der Waals surface area contributed by atoms with Crippen molar-refractivity contribution < 1.29 is 34.5 Å². The molecule has 1 radical (unpaired) electrons. The molecule has 4 unspecified atom stereocenters. The van der Waals surface area contributed by atoms with Crippen molar-refractivity contribution in [2.24, 2.45) is 17.6 Å². The third kappa shape index (κ3) is 4.35. The molecular weight excluding hydrogens is 542 g/mol. The number of carbonyl (C=O) groups is 4. The fourth-order valence-corrected chi connectivity index (χ4v) is 7.40. The van der Waals surface area contributed by atoms with Crippen LogP contribution in [0.2, 0.25) is 0 Å². The van der Waals surface area contributed by atoms with Crippen molar-refractivity contribution in [1.29, 1.82) is 0 Å². The second-order valence-corrected chi connectivity index (χ2v) is 11.2. The van der Waals surface area contributed by atoms with Crippen molar-refractivity contribution >= 4 is 58.0 Å². The summed E-state index contributed by atoms with van der Waals surface area (Å²) in [5, 5.41) is 38.0. The topological polar surface area (TPSA) is 179 Å². The quantitative estimate of drug-likeness (QED) is 0.127. The second kappa shape index (κ2) is 9.86. The zero-order valence-electron chi connectivity index (χ0n) is 20.5. The smallest absolute Gasteiger partial charge is 0.255 e. The molecule has 3 aliphatic rings. The SMILES string of the molecule is CC(=O)Nc1ccc(O)c2c1[SH]C1CC3C(NC(=S)c4ccccc4)C(O)=C(C(N)=O)C(=O)C3C(O)=C1C2=O. The lowest BCUT2D eigenvalue weighted by atomic mass is 9.66. The van der Waals surface area contributed by atoms with E-state index >= 15 is 0 Å². The van der Waals surface area contributed by atoms with Crippen molar-refractivity contribution in [1.82, 2.24) is 5.32 Å². The van der Waals surface area contributed by atoms with Crippen LogP contribution < -0.4 is 16.4 Å². The predicted molar refractivity (Wildman–Crippen MR) is 148 cm³/mol. The first-order chi connectivity index (χ1) is 18.5. The summed E-state index contributed by atoms with van der Waals surface area (Å²) in [6.45, 7) is 1.31. The Morgan fingerprint density at radius 2 is 1.74 bits per heavy atom. The number of hydrogen-bond acceptors (Lipinski definition) is 8. The van der Waals surface area contributed by atoms with Crippen molar-refractivity contribution in [3.8, 4) is 5.75 Å². The molecule has 201 valence electrons. The molecule has 2 amide bonds. The first-order valence-corrected chi connectivity index (χ1v) is 13.3. The average molecular weight is 567 g/mol. The number of Topliss-reactive ketones (excluding diaryl/α,β-unsaturated/α-hetero) is 2. The first kappa shape index (κ1) is 26.4. The maximum absolute atomic E-state index is 13.6. The molecule has 0 aromatic heterocycles. The van der Waals surface area contributed by atoms with Gasteiger partial charge in [-0.2, -0.15) is 11.8 Å². The number of fused-ring (bicyclic) bond motifs is 3. The van der Waals surface area contributed by atoms with Crippen LogP contribution >= 0.6 is 24.0 Å². The fourth-order valence-electron chi connectivity index (χ4n) is 5.48. The molecule has 0 spiro atoms. The molecule has 12 heteroatoms. The molecular formula is C27H24N3O7S2. The largest absolute Gasteiger partial charge is 0.511 e. The lowest BCUT2D eigenvalue weighted by Gasteiger charge is -2.44. The summed E-state index contributed by atoms with van der Waals surface area (Å²) in [7, 11) is 0. The number of aromatic hydroxyl groups is 1. The number of allylic oxidation sites excluding steroid dienone is 1. The summed E-state index contributed by atoms with van der Waals surface area (Å²) in [6.07, 6.45) is 0.128. The van der Waals surface area contributed by atoms with E-state index in [4.69, 9.17) is 18.0 Å². The highest BCUT2D eigenvalue weighted by Gasteiger charge is 2.54. The molecule has 4 atom stereocenters. The van der Waals surface area contributed by atoms with Crippen LogP contribution in [0.5, 0.6) is 5.75 Å². The molecule has 5 rings (SSSR count). The van der Waals surface area contributed by atoms with Gasteiger partial charge >= 0.3 is 0 Å². The molecule has 10 nitrogen and oxygen atoms in total. The molecule has 0 bridgehead atoms. The van der Waals surface area contributed by atoms with Crippen LogP contribution in [-0.2, 0) is 14.4 Å². The van der Waals surface area contributed by atoms with Crippen LogP contribution in [0.3, 0.4) is 0 Å². The van der Waals surface area contributed by atoms with Crippen LogP contribution in [-0.4, -0.2) is 55.0 Å². The minimum Gasteiger partial charge on any atom is -0.511 e. The number of rotatable bonds is 4. The molecule has 1 aliphatic heterocycles. The van der Waals surface area contributed by atoms with E-state index in [-0.39, 0.29) is 34.2 Å². The maximum atomic E-state index is 13.6. The monoisotopic (exact) mass is 566 g/mol. The number of phenols is 1. The Balaban J connectivity index is 1.62. The van der Waals surface area contributed by atoms with Crippen LogP contribution in [0, 0.1) is 11.8 Å². The summed E-state index contributed by atoms with van der Waals surface area (Å²) in [5.41, 5.74) is 5.58. The van der Waals surface area contributed by atoms with Crippen molar-refractivity contribution in [2.75, 3.05) is 5.32 Å². The number of nitrogens with two attached hydrogens (primary N) is 1. The van der Waals surface area contributed by atoms with E-state index < -0.39 is 57.7 Å². The predicted octanol–water partition coefficient (Wildman–Crippen LogP) is 2.40. The maximum Gasteiger partial charge on any atom is 0.255 e. The van der Waals surface area contributed by atoms with Crippen LogP contribution in [0.4, 0.5) is 5.69 Å². The van der Waals surface area contributed by atoms with Crippen molar-refractivity contribution in [2.45, 2.75) is 29.5 Å². The van der Waals surface area contributed by atoms with E-state index in [1.54, 1.807) is 30.3 Å². The summed E-state index contributed by atoms with van der Waals surface area (Å²) in [4.78, 5) is 51.6. The Kier molecular flexibility index (Phi) is 6.69. The van der Waals surface area contributed by atoms with E-state index in [1.165, 1.54) is 19.1 Å². The number of carbonyl (C=O) groups excluding carboxylic acids is 4. The summed E-state index contributed by atoms with van der Waals surface area (Å²) in [5.74, 6) is -6.76. The Hall–Kier alpha value is -4.16. The second-order valence-electron chi connectivity index (χ2n) is 9.49. The highest BCUT2D eigenvalue weighted by atomic mass is 32.2. The van der Waals surface area contributed by atoms with Gasteiger partial charge in [-0.3, -0.25) is 19.2 Å². The minimum absolute atomic E-state index is 0.0661. The summed E-state index contributed by atoms with van der Waals surface area (Å²) >= 11 is 6.01. The fraction of sp³-hybridized carbons (Fsp3) is 0.222. The Labute approximate surface area is 232 Å². The number of primary amides is 1. The molecule has 0 saturated heterocycles. The molecule has 2 aliphatic carbocycles. The number of thiol groups is 1. The van der Waals surface area contributed by atoms with Gasteiger partial charge in [0.15, 0.2) is 11.6 Å². The molecule has 39 heavy (non-hydrogen) atoms. The van der Waals surface area contributed by atoms with Crippen LogP contribution in [0.25, 0.3) is 0 Å². The van der Waals surface area contributed by atoms with E-state index in [2.05, 4.69) is 10.6 Å². The molecule has 0 saturated carbocycles. The minimum atomic E-state index is -1.35. The first-order valence-electron chi connectivity index (χ1n) is 12.0. The van der Waals surface area contributed by atoms with Gasteiger partial charge in [-0.25, -0.2) is 0 Å². The number of anilines is 1. The zero-order chi connectivity index (χ0) is 28.2. The van der Waals surface area contributed by atoms with E-state index in [0.717, 1.165) is 0 Å². The van der Waals surface area contributed by atoms with Crippen molar-refractivity contribution in [3.05, 3.63) is 76.3 Å². The third-order valence-corrected chi connectivity index (χ3v) is 8.98. The van der Waals surface area contributed by atoms with Crippen molar-refractivity contribution in [3.63, 3.8) is 0 Å². The molecule has 7 N–H and O–H groups in total. The van der Waals surface area contributed by atoms with Gasteiger partial charge in [-0.15, -0.1) is 0 Å². The number of aliphatic hydroxyl groups is 2. The molecule has 2 aromatic rings. The molecule has 2 aromatic carbocycles. The number of phenolic OH excluding ortho intramolecular Hbond substituents is 1. The van der Waals surface area contributed by atoms with E-state index in [0.29, 0.717) is 27.9 Å². The molecule has 1 heterocycles. The molecule has 0 fully saturated rings. The van der Waals surface area contributed by atoms with Gasteiger partial charge in [0.2, 0.25) is 5.91 Å². The standard InChI is InChI=1S/C27H24N3O7S2/c1-10(31)29-13-7-8-14(32)17-23(35)18-15(39-25(13)17)9-12-16(21(18)33)22(34)19(26(28)37)24(36)20(12)30-27(38)11-5-3-2-4-6-11/h2-8,12,15-16,20,32-33,36,39H,9H2,1H3,(H2,28,37)(H,29,31)(H,30,38). The Morgan fingerprint density at radius 1 is 1.05 bits per heavy atom. The van der Waals surface area contributed by atoms with Gasteiger partial charge in [0.1, 0.15) is 27.8 Å². The summed E-state index contributed by atoms with van der Waals surface area (Å²) in [6, 6.07) is 10.5. The Bertz CT molecular complexity index is 1530. The number of amides is 2. The van der Waals surface area contributed by atoms with E-state index in [9.17, 15) is 34.5 Å². The van der Waals surface area contributed by atoms with Gasteiger partial charge in [-0.1, -0.05) is 42.5 Å². The van der Waals surface area contributed by atoms with Gasteiger partial charge in [0.05, 0.1) is 28.8 Å². The number of ketones is 2. The number of aliphatic hydroxyl groups excluding tert-OH is 2. The normalized spacial score (nSPS) is 23.9. The lowest BCUT2D eigenvalue weighted by Crippen LogP contribution is -2.54.